The zero-order chi connectivity index (χ0) is 46.2. The van der Waals surface area contributed by atoms with Gasteiger partial charge in [-0.1, -0.05) is 103 Å². The van der Waals surface area contributed by atoms with Crippen LogP contribution in [-0.4, -0.2) is 82.8 Å². The Labute approximate surface area is 372 Å². The van der Waals surface area contributed by atoms with Crippen LogP contribution in [0.2, 0.25) is 0 Å². The second kappa shape index (κ2) is 22.5. The normalized spacial score (nSPS) is 13.0. The molecule has 16 heteroatoms. The minimum Gasteiger partial charge on any atom is -0.480 e. The van der Waals surface area contributed by atoms with Gasteiger partial charge in [-0.25, -0.2) is 19.2 Å². The predicted molar refractivity (Wildman–Crippen MR) is 240 cm³/mol. The molecule has 0 radical (unpaired) electrons. The lowest BCUT2D eigenvalue weighted by Crippen LogP contribution is -2.54. The third kappa shape index (κ3) is 15.7. The van der Waals surface area contributed by atoms with Gasteiger partial charge in [-0.15, -0.1) is 11.8 Å². The number of ether oxygens (including phenoxy) is 3. The molecule has 4 rings (SSSR count). The van der Waals surface area contributed by atoms with Gasteiger partial charge in [-0.05, 0) is 88.8 Å². The van der Waals surface area contributed by atoms with Gasteiger partial charge in [0.15, 0.2) is 0 Å². The van der Waals surface area contributed by atoms with Crippen molar-refractivity contribution in [3.05, 3.63) is 138 Å². The van der Waals surface area contributed by atoms with E-state index in [9.17, 15) is 33.9 Å². The van der Waals surface area contributed by atoms with Crippen molar-refractivity contribution in [1.29, 1.82) is 0 Å². The van der Waals surface area contributed by atoms with Crippen molar-refractivity contribution in [2.24, 2.45) is 5.73 Å². The summed E-state index contributed by atoms with van der Waals surface area (Å²) >= 11 is 1.44. The van der Waals surface area contributed by atoms with Gasteiger partial charge in [0.1, 0.15) is 35.1 Å². The molecule has 0 bridgehead atoms. The number of carboxylic acids is 1. The number of carbonyl (C=O) groups is 6. The van der Waals surface area contributed by atoms with Crippen LogP contribution in [0.3, 0.4) is 0 Å². The van der Waals surface area contributed by atoms with Gasteiger partial charge in [0.2, 0.25) is 11.8 Å². The van der Waals surface area contributed by atoms with Crippen molar-refractivity contribution >= 4 is 47.8 Å². The lowest BCUT2D eigenvalue weighted by molar-refractivity contribution is -0.139. The first kappa shape index (κ1) is 49.1. The molecule has 0 aliphatic carbocycles. The molecule has 0 saturated carbocycles. The summed E-state index contributed by atoms with van der Waals surface area (Å²) in [4.78, 5) is 76.5. The predicted octanol–water partition coefficient (Wildman–Crippen LogP) is 6.66. The Morgan fingerprint density at radius 1 is 0.619 bits per heavy atom. The number of rotatable bonds is 19. The van der Waals surface area contributed by atoms with Crippen LogP contribution in [0, 0.1) is 0 Å². The van der Waals surface area contributed by atoms with Crippen LogP contribution in [0.25, 0.3) is 0 Å². The molecule has 0 fully saturated rings. The van der Waals surface area contributed by atoms with E-state index in [4.69, 9.17) is 19.9 Å². The number of carbonyl (C=O) groups excluding carboxylic acids is 5. The number of hydrogen-bond acceptors (Lipinski definition) is 10. The van der Waals surface area contributed by atoms with Crippen LogP contribution in [0.4, 0.5) is 14.4 Å². The zero-order valence-electron chi connectivity index (χ0n) is 36.3. The molecule has 7 N–H and O–H groups in total. The van der Waals surface area contributed by atoms with Crippen LogP contribution in [0.5, 0.6) is 5.75 Å². The molecule has 0 aromatic heterocycles. The Balaban J connectivity index is 1.41. The molecule has 3 unspecified atom stereocenters. The van der Waals surface area contributed by atoms with Crippen LogP contribution >= 0.6 is 11.8 Å². The highest BCUT2D eigenvalue weighted by Crippen LogP contribution is 2.48. The van der Waals surface area contributed by atoms with Crippen LogP contribution in [-0.2, 0) is 35.0 Å². The molecule has 15 nitrogen and oxygen atoms in total. The van der Waals surface area contributed by atoms with E-state index in [-0.39, 0.29) is 37.3 Å². The van der Waals surface area contributed by atoms with Crippen molar-refractivity contribution < 1.29 is 48.1 Å². The van der Waals surface area contributed by atoms with Gasteiger partial charge >= 0.3 is 24.2 Å². The highest BCUT2D eigenvalue weighted by atomic mass is 32.2. The fourth-order valence-electron chi connectivity index (χ4n) is 6.38. The monoisotopic (exact) mass is 883 g/mol. The average molecular weight is 884 g/mol. The van der Waals surface area contributed by atoms with E-state index in [1.165, 1.54) is 23.9 Å². The summed E-state index contributed by atoms with van der Waals surface area (Å²) < 4.78 is 15.2. The Bertz CT molecular complexity index is 2050. The van der Waals surface area contributed by atoms with Crippen molar-refractivity contribution in [2.45, 2.75) is 94.9 Å². The van der Waals surface area contributed by atoms with Crippen molar-refractivity contribution in [3.63, 3.8) is 0 Å². The lowest BCUT2D eigenvalue weighted by atomic mass is 9.84. The van der Waals surface area contributed by atoms with Crippen LogP contribution in [0.15, 0.2) is 115 Å². The molecule has 336 valence electrons. The highest BCUT2D eigenvalue weighted by Gasteiger charge is 2.39. The van der Waals surface area contributed by atoms with Gasteiger partial charge in [0, 0.05) is 18.7 Å². The standard InChI is InChI=1S/C47H57N5O10S/c1-45(2,3)61-43(58)51-36(23-16-28-49-42(57)60-35-26-24-31(25-27-35)29-37(41(55)56)52-44(59)62-46(4,5)6)40(54)50-38(39(48)53)30-63-47(32-17-10-7-11-18-32,33-19-12-8-13-20-33)34-21-14-9-15-22-34/h7-15,17-22,24-27,36-38H,16,23,28-30H2,1-6H3,(H2,48,53)(H,49,57)(H,50,54)(H,51,58)(H,52,59)(H,55,56). The topological polar surface area (TPSA) is 224 Å². The number of hydrogen-bond donors (Lipinski definition) is 6. The fraction of sp³-hybridized carbons (Fsp3) is 0.362. The molecule has 4 aromatic rings. The minimum absolute atomic E-state index is 0.0305. The van der Waals surface area contributed by atoms with E-state index < -0.39 is 70.1 Å². The van der Waals surface area contributed by atoms with Gasteiger partial charge < -0.3 is 46.3 Å². The molecule has 3 atom stereocenters. The van der Waals surface area contributed by atoms with E-state index in [1.807, 2.05) is 91.0 Å². The molecular formula is C47H57N5O10S. The van der Waals surface area contributed by atoms with E-state index in [2.05, 4.69) is 21.3 Å². The van der Waals surface area contributed by atoms with Crippen LogP contribution in [0.1, 0.15) is 76.6 Å². The third-order valence-electron chi connectivity index (χ3n) is 9.18. The fourth-order valence-corrected chi connectivity index (χ4v) is 7.95. The number of nitrogens with two attached hydrogens (primary N) is 1. The number of carboxylic acid groups (broad SMARTS) is 1. The van der Waals surface area contributed by atoms with Crippen LogP contribution < -0.4 is 31.7 Å². The Morgan fingerprint density at radius 3 is 1.51 bits per heavy atom. The molecule has 0 heterocycles. The number of alkyl carbamates (subject to hydrolysis) is 2. The average Bonchev–Trinajstić information content (AvgIpc) is 3.21. The van der Waals surface area contributed by atoms with Gasteiger partial charge in [-0.3, -0.25) is 9.59 Å². The molecule has 0 spiro atoms. The molecular weight excluding hydrogens is 827 g/mol. The first-order chi connectivity index (χ1) is 29.8. The van der Waals surface area contributed by atoms with Gasteiger partial charge in [0.05, 0.1) is 4.75 Å². The SMILES string of the molecule is CC(C)(C)OC(=O)NC(Cc1ccc(OC(=O)NCCCC(NC(=O)OC(C)(C)C)C(=O)NC(CSC(c2ccccc2)(c2ccccc2)c2ccccc2)C(N)=O)cc1)C(=O)O. The van der Waals surface area contributed by atoms with Crippen molar-refractivity contribution in [1.82, 2.24) is 21.3 Å². The van der Waals surface area contributed by atoms with Crippen molar-refractivity contribution in [3.8, 4) is 5.75 Å². The highest BCUT2D eigenvalue weighted by molar-refractivity contribution is 8.00. The summed E-state index contributed by atoms with van der Waals surface area (Å²) in [7, 11) is 0. The number of amides is 5. The largest absolute Gasteiger partial charge is 0.480 e. The quantitative estimate of drug-likeness (QED) is 0.0431. The van der Waals surface area contributed by atoms with E-state index >= 15 is 0 Å². The summed E-state index contributed by atoms with van der Waals surface area (Å²) in [5.74, 6) is -2.47. The number of benzene rings is 4. The third-order valence-corrected chi connectivity index (χ3v) is 10.8. The molecule has 0 saturated heterocycles. The van der Waals surface area contributed by atoms with E-state index in [1.54, 1.807) is 53.7 Å². The molecule has 5 amide bonds. The lowest BCUT2D eigenvalue weighted by Gasteiger charge is -2.36. The summed E-state index contributed by atoms with van der Waals surface area (Å²) in [6.07, 6.45) is -2.35. The van der Waals surface area contributed by atoms with Crippen molar-refractivity contribution in [2.75, 3.05) is 12.3 Å². The maximum atomic E-state index is 13.9. The summed E-state index contributed by atoms with van der Waals surface area (Å²) in [5, 5.41) is 19.9. The molecule has 0 aliphatic heterocycles. The summed E-state index contributed by atoms with van der Waals surface area (Å²) in [6, 6.07) is 32.0. The Kier molecular flexibility index (Phi) is 17.6. The second-order valence-corrected chi connectivity index (χ2v) is 17.8. The number of primary amides is 1. The second-order valence-electron chi connectivity index (χ2n) is 16.6. The summed E-state index contributed by atoms with van der Waals surface area (Å²) in [6.45, 7) is 10.1. The maximum absolute atomic E-state index is 13.9. The Hall–Kier alpha value is -6.55. The first-order valence-electron chi connectivity index (χ1n) is 20.4. The van der Waals surface area contributed by atoms with Gasteiger partial charge in [0.25, 0.3) is 0 Å². The maximum Gasteiger partial charge on any atom is 0.412 e. The number of aliphatic carboxylic acids is 1. The smallest absolute Gasteiger partial charge is 0.412 e. The molecule has 0 aliphatic rings. The Morgan fingerprint density at radius 2 is 1.08 bits per heavy atom. The molecule has 63 heavy (non-hydrogen) atoms. The van der Waals surface area contributed by atoms with Gasteiger partial charge in [-0.2, -0.15) is 0 Å². The first-order valence-corrected chi connectivity index (χ1v) is 21.4. The minimum atomic E-state index is -1.26. The molecule has 4 aromatic carbocycles. The number of nitrogens with one attached hydrogen (secondary N) is 4. The van der Waals surface area contributed by atoms with E-state index in [0.717, 1.165) is 16.7 Å². The summed E-state index contributed by atoms with van der Waals surface area (Å²) in [5.41, 5.74) is 7.66. The van der Waals surface area contributed by atoms with E-state index in [0.29, 0.717) is 5.56 Å². The zero-order valence-corrected chi connectivity index (χ0v) is 37.2. The number of thioether (sulfide) groups is 1.